The molecule has 0 spiro atoms. The number of esters is 1. The highest BCUT2D eigenvalue weighted by Gasteiger charge is 2.58. The van der Waals surface area contributed by atoms with Crippen LogP contribution in [-0.4, -0.2) is 58.6 Å². The van der Waals surface area contributed by atoms with Crippen LogP contribution in [0.15, 0.2) is 30.3 Å². The van der Waals surface area contributed by atoms with E-state index in [0.29, 0.717) is 31.0 Å². The van der Waals surface area contributed by atoms with Crippen molar-refractivity contribution in [3.63, 3.8) is 0 Å². The summed E-state index contributed by atoms with van der Waals surface area (Å²) in [4.78, 5) is 39.8. The number of rotatable bonds is 5. The second-order valence-electron chi connectivity index (χ2n) is 8.86. The first-order valence-corrected chi connectivity index (χ1v) is 9.66. The van der Waals surface area contributed by atoms with E-state index < -0.39 is 29.9 Å². The minimum atomic E-state index is -1.38. The number of imide groups is 1. The third-order valence-electron chi connectivity index (χ3n) is 5.47. The Kier molecular flexibility index (Phi) is 5.74. The number of hydrogen-bond donors (Lipinski definition) is 1. The fourth-order valence-corrected chi connectivity index (χ4v) is 4.01. The lowest BCUT2D eigenvalue weighted by atomic mass is 9.92. The van der Waals surface area contributed by atoms with E-state index in [1.54, 1.807) is 0 Å². The van der Waals surface area contributed by atoms with Gasteiger partial charge in [-0.25, -0.2) is 14.5 Å². The van der Waals surface area contributed by atoms with Crippen LogP contribution in [0.3, 0.4) is 0 Å². The van der Waals surface area contributed by atoms with Gasteiger partial charge < -0.3 is 9.84 Å². The van der Waals surface area contributed by atoms with Crippen LogP contribution in [0.1, 0.15) is 32.8 Å². The summed E-state index contributed by atoms with van der Waals surface area (Å²) < 4.78 is 5.38. The number of carboxylic acid groups (broad SMARTS) is 1. The number of likely N-dealkylation sites (tertiary alicyclic amines) is 2. The maximum absolute atomic E-state index is 12.7. The molecule has 1 N–H and O–H groups in total. The molecule has 0 bridgehead atoms. The maximum atomic E-state index is 12.7. The van der Waals surface area contributed by atoms with Crippen LogP contribution in [0.5, 0.6) is 0 Å². The number of carbonyl (C=O) groups is 3. The number of carbonyl (C=O) groups excluding carboxylic acids is 2. The van der Waals surface area contributed by atoms with Crippen LogP contribution < -0.4 is 0 Å². The van der Waals surface area contributed by atoms with Crippen LogP contribution in [0.2, 0.25) is 0 Å². The van der Waals surface area contributed by atoms with E-state index in [9.17, 15) is 19.5 Å². The fourth-order valence-electron chi connectivity index (χ4n) is 4.01. The van der Waals surface area contributed by atoms with E-state index in [-0.39, 0.29) is 17.9 Å². The summed E-state index contributed by atoms with van der Waals surface area (Å²) >= 11 is 0. The van der Waals surface area contributed by atoms with Crippen molar-refractivity contribution in [3.05, 3.63) is 35.9 Å². The zero-order chi connectivity index (χ0) is 20.5. The number of fused-ring (bicyclic) bond motifs is 1. The average molecular weight is 388 g/mol. The molecule has 2 aliphatic heterocycles. The zero-order valence-corrected chi connectivity index (χ0v) is 16.6. The molecule has 2 aliphatic rings. The minimum absolute atomic E-state index is 0.000632. The van der Waals surface area contributed by atoms with Crippen molar-refractivity contribution in [2.24, 2.45) is 17.3 Å². The van der Waals surface area contributed by atoms with Crippen LogP contribution in [-0.2, 0) is 20.9 Å². The van der Waals surface area contributed by atoms with Crippen LogP contribution in [0, 0.1) is 17.3 Å². The standard InChI is InChI=1S/C21H28N2O5/c1-21(2,3)9-10-28-19(25)17-15-12-22(11-14-7-5-4-6-8-14)13-16(15)18(24)23(17)20(26)27/h4-8,15-17H,9-13H2,1-3H3,(H,26,27)/t15-,16+,17-/m0/s1. The van der Waals surface area contributed by atoms with Crippen molar-refractivity contribution in [3.8, 4) is 0 Å². The molecule has 0 aliphatic carbocycles. The van der Waals surface area contributed by atoms with Gasteiger partial charge in [0.15, 0.2) is 0 Å². The number of hydrogen-bond acceptors (Lipinski definition) is 5. The van der Waals surface area contributed by atoms with Crippen LogP contribution >= 0.6 is 0 Å². The molecule has 0 unspecified atom stereocenters. The van der Waals surface area contributed by atoms with E-state index in [0.717, 1.165) is 5.56 Å². The predicted molar refractivity (Wildman–Crippen MR) is 102 cm³/mol. The molecular weight excluding hydrogens is 360 g/mol. The van der Waals surface area contributed by atoms with Gasteiger partial charge in [0.05, 0.1) is 12.5 Å². The Morgan fingerprint density at radius 2 is 1.86 bits per heavy atom. The highest BCUT2D eigenvalue weighted by Crippen LogP contribution is 2.38. The van der Waals surface area contributed by atoms with E-state index >= 15 is 0 Å². The van der Waals surface area contributed by atoms with Gasteiger partial charge in [0.25, 0.3) is 0 Å². The molecule has 3 atom stereocenters. The smallest absolute Gasteiger partial charge is 0.414 e. The Bertz CT molecular complexity index is 743. The third-order valence-corrected chi connectivity index (χ3v) is 5.47. The average Bonchev–Trinajstić information content (AvgIpc) is 3.12. The lowest BCUT2D eigenvalue weighted by Gasteiger charge is -2.25. The van der Waals surface area contributed by atoms with Crippen molar-refractivity contribution in [2.75, 3.05) is 19.7 Å². The number of nitrogens with zero attached hydrogens (tertiary/aromatic N) is 2. The SMILES string of the molecule is CC(C)(C)CCOC(=O)[C@@H]1[C@H]2CN(Cc3ccccc3)C[C@H]2C(=O)N1C(=O)O. The van der Waals surface area contributed by atoms with Gasteiger partial charge in [-0.05, 0) is 17.4 Å². The van der Waals surface area contributed by atoms with Crippen LogP contribution in [0.25, 0.3) is 0 Å². The van der Waals surface area contributed by atoms with E-state index in [1.807, 2.05) is 51.1 Å². The highest BCUT2D eigenvalue weighted by atomic mass is 16.5. The quantitative estimate of drug-likeness (QED) is 0.780. The third kappa shape index (κ3) is 4.35. The molecule has 1 aromatic rings. The Morgan fingerprint density at radius 1 is 1.18 bits per heavy atom. The van der Waals surface area contributed by atoms with Gasteiger partial charge in [0.2, 0.25) is 5.91 Å². The summed E-state index contributed by atoms with van der Waals surface area (Å²) in [5.74, 6) is -1.96. The van der Waals surface area contributed by atoms with Gasteiger partial charge in [-0.1, -0.05) is 51.1 Å². The van der Waals surface area contributed by atoms with Crippen molar-refractivity contribution in [1.82, 2.24) is 9.80 Å². The van der Waals surface area contributed by atoms with Crippen LogP contribution in [0.4, 0.5) is 4.79 Å². The molecule has 28 heavy (non-hydrogen) atoms. The van der Waals surface area contributed by atoms with Crippen molar-refractivity contribution >= 4 is 18.0 Å². The van der Waals surface area contributed by atoms with Gasteiger partial charge in [0.1, 0.15) is 6.04 Å². The summed E-state index contributed by atoms with van der Waals surface area (Å²) in [7, 11) is 0. The monoisotopic (exact) mass is 388 g/mol. The predicted octanol–water partition coefficient (Wildman–Crippen LogP) is 2.60. The maximum Gasteiger partial charge on any atom is 0.414 e. The van der Waals surface area contributed by atoms with E-state index in [2.05, 4.69) is 4.90 Å². The number of benzene rings is 1. The summed E-state index contributed by atoms with van der Waals surface area (Å²) in [6.45, 7) is 7.95. The fraction of sp³-hybridized carbons (Fsp3) is 0.571. The minimum Gasteiger partial charge on any atom is -0.465 e. The second kappa shape index (κ2) is 7.91. The molecule has 7 heteroatoms. The molecule has 2 heterocycles. The molecule has 0 radical (unpaired) electrons. The van der Waals surface area contributed by atoms with Gasteiger partial charge in [-0.3, -0.25) is 9.69 Å². The molecule has 0 saturated carbocycles. The largest absolute Gasteiger partial charge is 0.465 e. The van der Waals surface area contributed by atoms with Gasteiger partial charge in [-0.15, -0.1) is 0 Å². The lowest BCUT2D eigenvalue weighted by Crippen LogP contribution is -2.47. The molecule has 1 aromatic carbocycles. The Labute approximate surface area is 165 Å². The van der Waals surface area contributed by atoms with Crippen molar-refractivity contribution < 1.29 is 24.2 Å². The second-order valence-corrected chi connectivity index (χ2v) is 8.86. The van der Waals surface area contributed by atoms with Crippen molar-refractivity contribution in [2.45, 2.75) is 39.8 Å². The Morgan fingerprint density at radius 3 is 2.46 bits per heavy atom. The molecule has 152 valence electrons. The molecule has 2 fully saturated rings. The highest BCUT2D eigenvalue weighted by molar-refractivity contribution is 6.01. The molecule has 7 nitrogen and oxygen atoms in total. The van der Waals surface area contributed by atoms with Gasteiger partial charge in [0, 0.05) is 25.6 Å². The molecule has 3 rings (SSSR count). The first kappa shape index (κ1) is 20.3. The Hall–Kier alpha value is -2.41. The lowest BCUT2D eigenvalue weighted by molar-refractivity contribution is -0.152. The first-order chi connectivity index (χ1) is 13.2. The number of amides is 2. The molecule has 2 saturated heterocycles. The molecule has 2 amide bonds. The normalized spacial score (nSPS) is 25.0. The van der Waals surface area contributed by atoms with Gasteiger partial charge >= 0.3 is 12.1 Å². The molecular formula is C21H28N2O5. The van der Waals surface area contributed by atoms with E-state index in [1.165, 1.54) is 0 Å². The van der Waals surface area contributed by atoms with Gasteiger partial charge in [-0.2, -0.15) is 0 Å². The summed E-state index contributed by atoms with van der Waals surface area (Å²) in [6, 6.07) is 8.82. The Balaban J connectivity index is 1.71. The summed E-state index contributed by atoms with van der Waals surface area (Å²) in [6.07, 6.45) is -0.715. The summed E-state index contributed by atoms with van der Waals surface area (Å²) in [5.41, 5.74) is 1.12. The van der Waals surface area contributed by atoms with Crippen molar-refractivity contribution in [1.29, 1.82) is 0 Å². The molecule has 0 aromatic heterocycles. The first-order valence-electron chi connectivity index (χ1n) is 9.66. The number of ether oxygens (including phenoxy) is 1. The topological polar surface area (TPSA) is 87.2 Å². The zero-order valence-electron chi connectivity index (χ0n) is 16.6. The summed E-state index contributed by atoms with van der Waals surface area (Å²) in [5, 5.41) is 9.50. The van der Waals surface area contributed by atoms with E-state index in [4.69, 9.17) is 4.74 Å².